The van der Waals surface area contributed by atoms with Crippen LogP contribution in [0.3, 0.4) is 0 Å². The molecule has 0 unspecified atom stereocenters. The van der Waals surface area contributed by atoms with Gasteiger partial charge in [-0.15, -0.1) is 0 Å². The van der Waals surface area contributed by atoms with Crippen LogP contribution < -0.4 is 10.9 Å². The highest BCUT2D eigenvalue weighted by Gasteiger charge is 2.22. The Kier molecular flexibility index (Phi) is 7.34. The van der Waals surface area contributed by atoms with Gasteiger partial charge in [-0.25, -0.2) is 18.9 Å². The van der Waals surface area contributed by atoms with Crippen molar-refractivity contribution in [2.75, 3.05) is 25.0 Å². The molecule has 1 amide bonds. The fraction of sp³-hybridized carbons (Fsp3) is 0.385. The predicted octanol–water partition coefficient (Wildman–Crippen LogP) is 6.56. The molecule has 5 rings (SSSR count). The number of hydrogen-bond donors (Lipinski definition) is 1. The number of fused-ring (bicyclic) bond motifs is 2. The van der Waals surface area contributed by atoms with E-state index in [1.165, 1.54) is 10.7 Å². The number of rotatable bonds is 5. The van der Waals surface area contributed by atoms with E-state index < -0.39 is 17.5 Å². The summed E-state index contributed by atoms with van der Waals surface area (Å²) in [5, 5.41) is 8.30. The van der Waals surface area contributed by atoms with Gasteiger partial charge in [0.05, 0.1) is 22.1 Å². The van der Waals surface area contributed by atoms with E-state index in [0.29, 0.717) is 45.5 Å². The van der Waals surface area contributed by atoms with Crippen molar-refractivity contribution in [3.8, 4) is 11.1 Å². The zero-order valence-corrected chi connectivity index (χ0v) is 23.4. The fourth-order valence-corrected chi connectivity index (χ4v) is 5.90. The lowest BCUT2D eigenvalue weighted by Crippen LogP contribution is -2.31. The number of benzene rings is 2. The Balaban J connectivity index is 1.56. The van der Waals surface area contributed by atoms with Crippen LogP contribution in [0.25, 0.3) is 32.1 Å². The average Bonchev–Trinajstić information content (AvgIpc) is 3.50. The number of anilines is 1. The molecule has 1 aliphatic rings. The number of ether oxygens (including phenoxy) is 1. The highest BCUT2D eigenvalue weighted by atomic mass is 35.5. The van der Waals surface area contributed by atoms with Gasteiger partial charge in [0.1, 0.15) is 11.4 Å². The van der Waals surface area contributed by atoms with Gasteiger partial charge in [-0.05, 0) is 71.0 Å². The summed E-state index contributed by atoms with van der Waals surface area (Å²) in [5.41, 5.74) is 0.316. The van der Waals surface area contributed by atoms with Gasteiger partial charge in [0.2, 0.25) is 0 Å². The smallest absolute Gasteiger partial charge is 0.413 e. The first kappa shape index (κ1) is 26.8. The van der Waals surface area contributed by atoms with Crippen LogP contribution in [0.2, 0.25) is 10.2 Å². The van der Waals surface area contributed by atoms with Gasteiger partial charge in [-0.1, -0.05) is 34.5 Å². The summed E-state index contributed by atoms with van der Waals surface area (Å²) in [6, 6.07) is 6.10. The van der Waals surface area contributed by atoms with E-state index in [1.807, 2.05) is 0 Å². The minimum atomic E-state index is -0.701. The third kappa shape index (κ3) is 5.49. The summed E-state index contributed by atoms with van der Waals surface area (Å²) >= 11 is 14.1. The molecule has 0 radical (unpaired) electrons. The molecule has 38 heavy (non-hydrogen) atoms. The monoisotopic (exact) mass is 577 g/mol. The number of carbonyl (C=O) groups excluding carboxylic acids is 1. The minimum Gasteiger partial charge on any atom is -0.444 e. The minimum absolute atomic E-state index is 0.175. The second-order valence-electron chi connectivity index (χ2n) is 10.2. The Hall–Kier alpha value is -2.79. The van der Waals surface area contributed by atoms with Crippen LogP contribution in [0.15, 0.2) is 29.1 Å². The van der Waals surface area contributed by atoms with Crippen LogP contribution >= 0.6 is 34.5 Å². The number of hydrogen-bond acceptors (Lipinski definition) is 7. The van der Waals surface area contributed by atoms with Crippen molar-refractivity contribution in [3.63, 3.8) is 0 Å². The lowest BCUT2D eigenvalue weighted by molar-refractivity contribution is 0.0636. The summed E-state index contributed by atoms with van der Waals surface area (Å²) in [7, 11) is 0. The van der Waals surface area contributed by atoms with E-state index in [4.69, 9.17) is 27.9 Å². The maximum Gasteiger partial charge on any atom is 0.413 e. The highest BCUT2D eigenvalue weighted by molar-refractivity contribution is 7.22. The number of halogens is 3. The third-order valence-corrected chi connectivity index (χ3v) is 7.79. The zero-order valence-electron chi connectivity index (χ0n) is 21.1. The van der Waals surface area contributed by atoms with Crippen molar-refractivity contribution >= 4 is 66.8 Å². The normalized spacial score (nSPS) is 14.5. The Morgan fingerprint density at radius 2 is 1.87 bits per heavy atom. The van der Waals surface area contributed by atoms with Crippen molar-refractivity contribution in [2.45, 2.75) is 45.8 Å². The van der Waals surface area contributed by atoms with Crippen LogP contribution in [0.1, 0.15) is 33.6 Å². The van der Waals surface area contributed by atoms with Crippen molar-refractivity contribution < 1.29 is 13.9 Å². The number of likely N-dealkylation sites (tertiary alicyclic amines) is 1. The van der Waals surface area contributed by atoms with E-state index in [-0.39, 0.29) is 20.5 Å². The molecule has 0 atom stereocenters. The van der Waals surface area contributed by atoms with E-state index in [0.717, 1.165) is 37.3 Å². The highest BCUT2D eigenvalue weighted by Crippen LogP contribution is 2.40. The first-order valence-corrected chi connectivity index (χ1v) is 13.8. The number of amides is 1. The predicted molar refractivity (Wildman–Crippen MR) is 150 cm³/mol. The van der Waals surface area contributed by atoms with Gasteiger partial charge in [-0.2, -0.15) is 5.10 Å². The zero-order chi connectivity index (χ0) is 27.2. The van der Waals surface area contributed by atoms with Gasteiger partial charge in [0.25, 0.3) is 5.56 Å². The van der Waals surface area contributed by atoms with Gasteiger partial charge in [0, 0.05) is 28.1 Å². The Bertz CT molecular complexity index is 1610. The quantitative estimate of drug-likeness (QED) is 0.289. The molecule has 1 aliphatic heterocycles. The Morgan fingerprint density at radius 3 is 2.58 bits per heavy atom. The molecule has 0 bridgehead atoms. The van der Waals surface area contributed by atoms with Gasteiger partial charge < -0.3 is 9.64 Å². The molecule has 200 valence electrons. The molecule has 0 saturated carbocycles. The Morgan fingerprint density at radius 1 is 1.13 bits per heavy atom. The second kappa shape index (κ2) is 10.4. The van der Waals surface area contributed by atoms with Crippen LogP contribution in [0.5, 0.6) is 0 Å². The largest absolute Gasteiger partial charge is 0.444 e. The lowest BCUT2D eigenvalue weighted by atomic mass is 10.0. The summed E-state index contributed by atoms with van der Waals surface area (Å²) in [5.74, 6) is -0.494. The second-order valence-corrected chi connectivity index (χ2v) is 11.9. The number of aromatic nitrogens is 3. The van der Waals surface area contributed by atoms with Crippen molar-refractivity contribution in [1.82, 2.24) is 19.7 Å². The average molecular weight is 578 g/mol. The van der Waals surface area contributed by atoms with E-state index in [2.05, 4.69) is 20.3 Å². The van der Waals surface area contributed by atoms with Crippen molar-refractivity contribution in [3.05, 3.63) is 50.6 Å². The molecule has 1 saturated heterocycles. The molecule has 1 N–H and O–H groups in total. The van der Waals surface area contributed by atoms with Crippen molar-refractivity contribution in [1.29, 1.82) is 0 Å². The first-order chi connectivity index (χ1) is 18.0. The van der Waals surface area contributed by atoms with E-state index in [9.17, 15) is 14.0 Å². The van der Waals surface area contributed by atoms with Crippen molar-refractivity contribution in [2.24, 2.45) is 0 Å². The number of nitrogens with one attached hydrogen (secondary N) is 1. The molecule has 0 aliphatic carbocycles. The molecule has 0 spiro atoms. The SMILES string of the molecule is CC(C)(C)OC(=O)Nc1nc2c(-c3cc4c(=O)n(CCN5CCCC5)nc(Cl)c4cc3Cl)ccc(F)c2s1. The Labute approximate surface area is 232 Å². The summed E-state index contributed by atoms with van der Waals surface area (Å²) in [4.78, 5) is 32.4. The first-order valence-electron chi connectivity index (χ1n) is 12.2. The molecule has 12 heteroatoms. The maximum atomic E-state index is 14.8. The standard InChI is InChI=1S/C26H26Cl2FN5O3S/c1-26(2,3)37-25(36)31-24-30-20-14(6-7-19(29)21(20)38-24)15-12-17-16(13-18(15)27)22(28)32-34(23(17)35)11-10-33-8-4-5-9-33/h6-7,12-13H,4-5,8-11H2,1-3H3,(H,30,31,36). The van der Waals surface area contributed by atoms with E-state index >= 15 is 0 Å². The van der Waals surface area contributed by atoms with Crippen LogP contribution in [-0.4, -0.2) is 51.0 Å². The fourth-order valence-electron chi connectivity index (χ4n) is 4.50. The van der Waals surface area contributed by atoms with Gasteiger partial charge in [0.15, 0.2) is 10.3 Å². The van der Waals surface area contributed by atoms with Gasteiger partial charge in [-0.3, -0.25) is 10.1 Å². The maximum absolute atomic E-state index is 14.8. The molecular weight excluding hydrogens is 552 g/mol. The molecular formula is C26H26Cl2FN5O3S. The van der Waals surface area contributed by atoms with Gasteiger partial charge >= 0.3 is 6.09 Å². The molecule has 1 fully saturated rings. The molecule has 8 nitrogen and oxygen atoms in total. The lowest BCUT2D eigenvalue weighted by Gasteiger charge is -2.18. The molecule has 4 aromatic rings. The molecule has 3 heterocycles. The van der Waals surface area contributed by atoms with Crippen LogP contribution in [0, 0.1) is 5.82 Å². The number of thiazole rings is 1. The summed E-state index contributed by atoms with van der Waals surface area (Å²) in [6.07, 6.45) is 1.61. The van der Waals surface area contributed by atoms with Crippen LogP contribution in [0.4, 0.5) is 14.3 Å². The van der Waals surface area contributed by atoms with Crippen LogP contribution in [-0.2, 0) is 11.3 Å². The molecule has 2 aromatic heterocycles. The topological polar surface area (TPSA) is 89.3 Å². The number of nitrogens with zero attached hydrogens (tertiary/aromatic N) is 4. The third-order valence-electron chi connectivity index (χ3n) is 6.22. The van der Waals surface area contributed by atoms with E-state index in [1.54, 1.807) is 39.0 Å². The number of carbonyl (C=O) groups is 1. The summed E-state index contributed by atoms with van der Waals surface area (Å²) in [6.45, 7) is 8.37. The molecule has 2 aromatic carbocycles. The summed E-state index contributed by atoms with van der Waals surface area (Å²) < 4.78 is 21.7.